The Morgan fingerprint density at radius 1 is 1.05 bits per heavy atom. The van der Waals surface area contributed by atoms with E-state index in [0.29, 0.717) is 11.6 Å². The third-order valence-electron chi connectivity index (χ3n) is 5.77. The molecule has 4 heterocycles. The lowest BCUT2D eigenvalue weighted by Crippen LogP contribution is -2.20. The summed E-state index contributed by atoms with van der Waals surface area (Å²) in [7, 11) is 0. The molecular weight excluding hydrogens is 488 g/mol. The molecule has 1 aliphatic rings. The Bertz CT molecular complexity index is 1360. The van der Waals surface area contributed by atoms with Crippen molar-refractivity contribution in [2.24, 2.45) is 4.99 Å². The largest absolute Gasteiger partial charge is 0.457 e. The second kappa shape index (κ2) is 15.2. The molecule has 1 aromatic carbocycles. The van der Waals surface area contributed by atoms with E-state index in [2.05, 4.69) is 56.1 Å². The van der Waals surface area contributed by atoms with Crippen molar-refractivity contribution in [1.29, 1.82) is 0 Å². The molecule has 206 valence electrons. The van der Waals surface area contributed by atoms with Gasteiger partial charge in [0.05, 0.1) is 6.21 Å². The SMILES string of the molecule is C=CC.CCCCCCC.Cc1cc(Nc2ncnc3c2NC(C)N=C3)ccc1Oc1ccn2ncnc2c1. The standard InChI is InChI=1S/C20H18N8O.C7H16.C3H6/c1-12-7-14(27-20-19-16(22-10-24-20)9-21-13(2)26-19)3-4-17(12)29-15-5-6-28-18(8-15)23-11-25-28;1-3-5-7-6-4-2;1-3-2/h3-11,13,26H,1-2H3,(H,22,24,27);3-7H2,1-2H3;3H,1H2,2H3. The van der Waals surface area contributed by atoms with Gasteiger partial charge >= 0.3 is 0 Å². The van der Waals surface area contributed by atoms with E-state index in [1.165, 1.54) is 44.8 Å². The van der Waals surface area contributed by atoms with Crippen LogP contribution in [0.4, 0.5) is 17.2 Å². The Labute approximate surface area is 231 Å². The van der Waals surface area contributed by atoms with Crippen LogP contribution in [0.1, 0.15) is 71.1 Å². The van der Waals surface area contributed by atoms with Gasteiger partial charge in [0, 0.05) is 18.0 Å². The lowest BCUT2D eigenvalue weighted by molar-refractivity contribution is 0.478. The first-order valence-electron chi connectivity index (χ1n) is 13.6. The molecule has 0 saturated heterocycles. The van der Waals surface area contributed by atoms with E-state index in [9.17, 15) is 0 Å². The number of pyridine rings is 1. The molecule has 2 N–H and O–H groups in total. The fourth-order valence-corrected chi connectivity index (χ4v) is 3.80. The van der Waals surface area contributed by atoms with Crippen molar-refractivity contribution < 1.29 is 4.74 Å². The second-order valence-corrected chi connectivity index (χ2v) is 9.18. The highest BCUT2D eigenvalue weighted by Crippen LogP contribution is 2.31. The smallest absolute Gasteiger partial charge is 0.158 e. The highest BCUT2D eigenvalue weighted by atomic mass is 16.5. The van der Waals surface area contributed by atoms with Crippen LogP contribution in [0.25, 0.3) is 5.65 Å². The van der Waals surface area contributed by atoms with Gasteiger partial charge in [-0.05, 0) is 50.6 Å². The van der Waals surface area contributed by atoms with Gasteiger partial charge in [0.2, 0.25) is 0 Å². The highest BCUT2D eigenvalue weighted by Gasteiger charge is 2.16. The molecule has 0 spiro atoms. The van der Waals surface area contributed by atoms with Crippen molar-refractivity contribution in [3.8, 4) is 11.5 Å². The monoisotopic (exact) mass is 528 g/mol. The number of fused-ring (bicyclic) bond motifs is 2. The number of unbranched alkanes of at least 4 members (excludes halogenated alkanes) is 4. The molecular formula is C30H40N8O. The Morgan fingerprint density at radius 3 is 2.54 bits per heavy atom. The first-order valence-corrected chi connectivity index (χ1v) is 13.6. The predicted molar refractivity (Wildman–Crippen MR) is 161 cm³/mol. The number of benzene rings is 1. The maximum atomic E-state index is 6.03. The topological polar surface area (TPSA) is 102 Å². The van der Waals surface area contributed by atoms with E-state index >= 15 is 0 Å². The zero-order chi connectivity index (χ0) is 28.0. The third kappa shape index (κ3) is 8.63. The van der Waals surface area contributed by atoms with Gasteiger partial charge in [-0.25, -0.2) is 19.5 Å². The molecule has 9 nitrogen and oxygen atoms in total. The first kappa shape index (κ1) is 29.3. The Morgan fingerprint density at radius 2 is 1.82 bits per heavy atom. The zero-order valence-corrected chi connectivity index (χ0v) is 23.7. The van der Waals surface area contributed by atoms with Crippen molar-refractivity contribution in [2.75, 3.05) is 10.6 Å². The Hall–Kier alpha value is -4.27. The number of aliphatic imine (C=N–C) groups is 1. The van der Waals surface area contributed by atoms with Gasteiger partial charge in [-0.1, -0.05) is 52.0 Å². The normalized spacial score (nSPS) is 13.2. The van der Waals surface area contributed by atoms with Crippen LogP contribution < -0.4 is 15.4 Å². The highest BCUT2D eigenvalue weighted by molar-refractivity contribution is 5.92. The first-order chi connectivity index (χ1) is 19.0. The van der Waals surface area contributed by atoms with Crippen molar-refractivity contribution in [3.63, 3.8) is 0 Å². The van der Waals surface area contributed by atoms with Crippen molar-refractivity contribution in [1.82, 2.24) is 24.6 Å². The minimum Gasteiger partial charge on any atom is -0.457 e. The maximum Gasteiger partial charge on any atom is 0.158 e. The number of aromatic nitrogens is 5. The number of allylic oxidation sites excluding steroid dienone is 1. The summed E-state index contributed by atoms with van der Waals surface area (Å²) in [5.41, 5.74) is 4.23. The van der Waals surface area contributed by atoms with E-state index in [0.717, 1.165) is 34.0 Å². The summed E-state index contributed by atoms with van der Waals surface area (Å²) < 4.78 is 7.72. The van der Waals surface area contributed by atoms with E-state index in [4.69, 9.17) is 4.74 Å². The molecule has 4 aromatic rings. The van der Waals surface area contributed by atoms with Gasteiger partial charge in [-0.15, -0.1) is 6.58 Å². The number of nitrogens with one attached hydrogen (secondary N) is 2. The van der Waals surface area contributed by atoms with Crippen LogP contribution in [-0.2, 0) is 0 Å². The molecule has 39 heavy (non-hydrogen) atoms. The van der Waals surface area contributed by atoms with E-state index in [1.54, 1.807) is 16.8 Å². The third-order valence-corrected chi connectivity index (χ3v) is 5.77. The van der Waals surface area contributed by atoms with E-state index < -0.39 is 0 Å². The lowest BCUT2D eigenvalue weighted by Gasteiger charge is -2.20. The molecule has 1 atom stereocenters. The fourth-order valence-electron chi connectivity index (χ4n) is 3.80. The molecule has 0 radical (unpaired) electrons. The van der Waals surface area contributed by atoms with Gasteiger partial charge in [-0.3, -0.25) is 4.99 Å². The van der Waals surface area contributed by atoms with Gasteiger partial charge < -0.3 is 15.4 Å². The number of nitrogens with zero attached hydrogens (tertiary/aromatic N) is 6. The van der Waals surface area contributed by atoms with Gasteiger partial charge in [0.15, 0.2) is 11.5 Å². The summed E-state index contributed by atoms with van der Waals surface area (Å²) in [4.78, 5) is 17.1. The molecule has 1 aliphatic heterocycles. The van der Waals surface area contributed by atoms with E-state index in [-0.39, 0.29) is 6.17 Å². The van der Waals surface area contributed by atoms with Crippen molar-refractivity contribution in [2.45, 2.75) is 72.9 Å². The minimum absolute atomic E-state index is 0.0193. The quantitative estimate of drug-likeness (QED) is 0.178. The summed E-state index contributed by atoms with van der Waals surface area (Å²) in [5, 5.41) is 10.7. The van der Waals surface area contributed by atoms with Crippen LogP contribution in [0.2, 0.25) is 0 Å². The van der Waals surface area contributed by atoms with Gasteiger partial charge in [-0.2, -0.15) is 5.10 Å². The molecule has 9 heteroatoms. The number of hydrogen-bond donors (Lipinski definition) is 2. The molecule has 3 aromatic heterocycles. The number of ether oxygens (including phenoxy) is 1. The fraction of sp³-hybridized carbons (Fsp3) is 0.367. The average molecular weight is 529 g/mol. The summed E-state index contributed by atoms with van der Waals surface area (Å²) in [6.07, 6.45) is 15.4. The van der Waals surface area contributed by atoms with Crippen molar-refractivity contribution in [3.05, 3.63) is 73.1 Å². The number of hydrogen-bond acceptors (Lipinski definition) is 8. The zero-order valence-electron chi connectivity index (χ0n) is 23.7. The van der Waals surface area contributed by atoms with Crippen LogP contribution in [0.3, 0.4) is 0 Å². The molecule has 0 bridgehead atoms. The molecule has 0 saturated carbocycles. The van der Waals surface area contributed by atoms with Crippen LogP contribution in [0.5, 0.6) is 11.5 Å². The molecule has 0 aliphatic carbocycles. The maximum absolute atomic E-state index is 6.03. The number of anilines is 3. The predicted octanol–water partition coefficient (Wildman–Crippen LogP) is 7.72. The molecule has 5 rings (SSSR count). The molecule has 0 fully saturated rings. The van der Waals surface area contributed by atoms with Gasteiger partial charge in [0.25, 0.3) is 0 Å². The average Bonchev–Trinajstić information content (AvgIpc) is 3.40. The van der Waals surface area contributed by atoms with Crippen LogP contribution in [-0.4, -0.2) is 36.9 Å². The van der Waals surface area contributed by atoms with Crippen LogP contribution >= 0.6 is 0 Å². The van der Waals surface area contributed by atoms with Crippen molar-refractivity contribution >= 4 is 29.1 Å². The summed E-state index contributed by atoms with van der Waals surface area (Å²) in [5.74, 6) is 2.18. The molecule has 1 unspecified atom stereocenters. The summed E-state index contributed by atoms with van der Waals surface area (Å²) >= 11 is 0. The van der Waals surface area contributed by atoms with Crippen LogP contribution in [0.15, 0.2) is 66.8 Å². The Kier molecular flexibility index (Phi) is 11.4. The van der Waals surface area contributed by atoms with E-state index in [1.807, 2.05) is 57.3 Å². The van der Waals surface area contributed by atoms with Crippen LogP contribution in [0, 0.1) is 6.92 Å². The lowest BCUT2D eigenvalue weighted by atomic mass is 10.2. The number of rotatable bonds is 8. The van der Waals surface area contributed by atoms with Gasteiger partial charge in [0.1, 0.15) is 41.7 Å². The second-order valence-electron chi connectivity index (χ2n) is 9.18. The minimum atomic E-state index is -0.0193. The Balaban J connectivity index is 0.000000363. The summed E-state index contributed by atoms with van der Waals surface area (Å²) in [6.45, 7) is 13.7. The summed E-state index contributed by atoms with van der Waals surface area (Å²) in [6, 6.07) is 9.60. The number of aryl methyl sites for hydroxylation is 1. The molecule has 0 amide bonds.